The summed E-state index contributed by atoms with van der Waals surface area (Å²) in [6, 6.07) is 12.1. The van der Waals surface area contributed by atoms with Crippen molar-refractivity contribution in [1.82, 2.24) is 15.2 Å². The monoisotopic (exact) mass is 526 g/mol. The maximum absolute atomic E-state index is 6.02. The van der Waals surface area contributed by atoms with Gasteiger partial charge in [-0.2, -0.15) is 0 Å². The van der Waals surface area contributed by atoms with Crippen molar-refractivity contribution in [2.75, 3.05) is 33.4 Å². The number of furan rings is 1. The molecule has 0 radical (unpaired) electrons. The number of aliphatic imine (C=N–C) groups is 1. The van der Waals surface area contributed by atoms with E-state index in [1.54, 1.807) is 18.4 Å². The summed E-state index contributed by atoms with van der Waals surface area (Å²) in [6.45, 7) is 6.25. The number of ether oxygens (including phenoxy) is 1. The van der Waals surface area contributed by atoms with Crippen LogP contribution < -0.4 is 5.32 Å². The fraction of sp³-hybridized carbons (Fsp3) is 0.429. The summed E-state index contributed by atoms with van der Waals surface area (Å²) in [5.41, 5.74) is 1.01. The molecular formula is C21H27IN4O2S. The highest BCUT2D eigenvalue weighted by atomic mass is 127. The van der Waals surface area contributed by atoms with Crippen LogP contribution in [0, 0.1) is 5.92 Å². The largest absolute Gasteiger partial charge is 0.457 e. The van der Waals surface area contributed by atoms with Gasteiger partial charge in [0.2, 0.25) is 0 Å². The molecule has 29 heavy (non-hydrogen) atoms. The molecule has 0 aliphatic carbocycles. The number of nitrogens with one attached hydrogen (secondary N) is 1. The lowest BCUT2D eigenvalue weighted by Gasteiger charge is -2.21. The number of halogens is 1. The van der Waals surface area contributed by atoms with Crippen molar-refractivity contribution in [3.63, 3.8) is 0 Å². The van der Waals surface area contributed by atoms with Crippen molar-refractivity contribution in [3.05, 3.63) is 42.2 Å². The molecule has 1 saturated heterocycles. The van der Waals surface area contributed by atoms with E-state index in [1.807, 2.05) is 30.3 Å². The minimum absolute atomic E-state index is 0. The van der Waals surface area contributed by atoms with Gasteiger partial charge in [-0.15, -0.1) is 35.3 Å². The normalized spacial score (nSPS) is 17.0. The molecule has 8 heteroatoms. The van der Waals surface area contributed by atoms with Gasteiger partial charge in [0.1, 0.15) is 12.3 Å². The van der Waals surface area contributed by atoms with Gasteiger partial charge in [0, 0.05) is 32.7 Å². The van der Waals surface area contributed by atoms with E-state index in [0.29, 0.717) is 12.5 Å². The van der Waals surface area contributed by atoms with Crippen LogP contribution in [0.5, 0.6) is 0 Å². The van der Waals surface area contributed by atoms with Crippen LogP contribution in [0.1, 0.15) is 19.1 Å². The van der Waals surface area contributed by atoms with Crippen molar-refractivity contribution in [1.29, 1.82) is 0 Å². The summed E-state index contributed by atoms with van der Waals surface area (Å²) in [6.07, 6.45) is 1.14. The Morgan fingerprint density at radius 3 is 3.00 bits per heavy atom. The number of hydrogen-bond donors (Lipinski definition) is 1. The van der Waals surface area contributed by atoms with Crippen LogP contribution in [0.25, 0.3) is 21.0 Å². The van der Waals surface area contributed by atoms with Gasteiger partial charge >= 0.3 is 0 Å². The molecule has 2 aromatic heterocycles. The SMILES string of the molecule is CCNC(=NCc1ccc(-c2nc3ccccc3s2)o1)N1CCC(COC)C1.I. The number of para-hydroxylation sites is 1. The molecule has 1 aliphatic rings. The number of nitrogens with zero attached hydrogens (tertiary/aromatic N) is 3. The minimum Gasteiger partial charge on any atom is -0.457 e. The molecule has 1 aliphatic heterocycles. The molecular weight excluding hydrogens is 499 g/mol. The molecule has 1 fully saturated rings. The van der Waals surface area contributed by atoms with Crippen LogP contribution in [0.15, 0.2) is 45.8 Å². The number of guanidine groups is 1. The summed E-state index contributed by atoms with van der Waals surface area (Å²) in [7, 11) is 1.77. The quantitative estimate of drug-likeness (QED) is 0.289. The Morgan fingerprint density at radius 2 is 2.21 bits per heavy atom. The molecule has 3 aromatic rings. The molecule has 0 bridgehead atoms. The number of rotatable bonds is 6. The van der Waals surface area contributed by atoms with E-state index >= 15 is 0 Å². The Kier molecular flexibility index (Phi) is 7.91. The number of thiazole rings is 1. The van der Waals surface area contributed by atoms with Gasteiger partial charge in [0.25, 0.3) is 0 Å². The fourth-order valence-corrected chi connectivity index (χ4v) is 4.46. The lowest BCUT2D eigenvalue weighted by atomic mass is 10.1. The summed E-state index contributed by atoms with van der Waals surface area (Å²) < 4.78 is 12.5. The van der Waals surface area contributed by atoms with Crippen molar-refractivity contribution in [2.24, 2.45) is 10.9 Å². The summed E-state index contributed by atoms with van der Waals surface area (Å²) >= 11 is 1.65. The van der Waals surface area contributed by atoms with Crippen molar-refractivity contribution < 1.29 is 9.15 Å². The van der Waals surface area contributed by atoms with E-state index in [1.165, 1.54) is 4.70 Å². The standard InChI is InChI=1S/C21H26N4O2S.HI/c1-3-22-21(25-11-10-15(13-25)14-26-2)23-12-16-8-9-18(27-16)20-24-17-6-4-5-7-19(17)28-20;/h4-9,15H,3,10-14H2,1-2H3,(H,22,23);1H. The number of methoxy groups -OCH3 is 1. The Balaban J connectivity index is 0.00000240. The number of likely N-dealkylation sites (tertiary alicyclic amines) is 1. The zero-order valence-corrected chi connectivity index (χ0v) is 19.9. The number of aromatic nitrogens is 1. The highest BCUT2D eigenvalue weighted by molar-refractivity contribution is 14.0. The average molecular weight is 526 g/mol. The molecule has 156 valence electrons. The molecule has 3 heterocycles. The van der Waals surface area contributed by atoms with Crippen molar-refractivity contribution in [2.45, 2.75) is 19.9 Å². The first kappa shape index (κ1) is 22.0. The summed E-state index contributed by atoms with van der Waals surface area (Å²) in [4.78, 5) is 11.8. The van der Waals surface area contributed by atoms with E-state index in [4.69, 9.17) is 14.1 Å². The van der Waals surface area contributed by atoms with Gasteiger partial charge < -0.3 is 19.4 Å². The van der Waals surface area contributed by atoms with Crippen LogP contribution in [0.3, 0.4) is 0 Å². The summed E-state index contributed by atoms with van der Waals surface area (Å²) in [5.74, 6) is 3.16. The van der Waals surface area contributed by atoms with Gasteiger partial charge in [-0.05, 0) is 37.6 Å². The molecule has 6 nitrogen and oxygen atoms in total. The van der Waals surface area contributed by atoms with Gasteiger partial charge in [-0.1, -0.05) is 12.1 Å². The molecule has 1 aromatic carbocycles. The van der Waals surface area contributed by atoms with Gasteiger partial charge in [0.05, 0.1) is 16.8 Å². The first-order valence-corrected chi connectivity index (χ1v) is 10.6. The second-order valence-electron chi connectivity index (χ2n) is 6.98. The molecule has 1 atom stereocenters. The predicted molar refractivity (Wildman–Crippen MR) is 129 cm³/mol. The Morgan fingerprint density at radius 1 is 1.34 bits per heavy atom. The smallest absolute Gasteiger partial charge is 0.194 e. The second-order valence-corrected chi connectivity index (χ2v) is 8.01. The van der Waals surface area contributed by atoms with Crippen LogP contribution >= 0.6 is 35.3 Å². The van der Waals surface area contributed by atoms with Crippen LogP contribution in [-0.2, 0) is 11.3 Å². The van der Waals surface area contributed by atoms with E-state index in [2.05, 4.69) is 28.2 Å². The lowest BCUT2D eigenvalue weighted by molar-refractivity contribution is 0.157. The van der Waals surface area contributed by atoms with Crippen molar-refractivity contribution >= 4 is 51.5 Å². The average Bonchev–Trinajstić information content (AvgIpc) is 3.44. The van der Waals surface area contributed by atoms with Crippen LogP contribution in [0.2, 0.25) is 0 Å². The minimum atomic E-state index is 0. The van der Waals surface area contributed by atoms with E-state index < -0.39 is 0 Å². The third kappa shape index (κ3) is 5.29. The molecule has 1 unspecified atom stereocenters. The van der Waals surface area contributed by atoms with Crippen LogP contribution in [-0.4, -0.2) is 49.2 Å². The first-order valence-electron chi connectivity index (χ1n) is 9.73. The molecule has 1 N–H and O–H groups in total. The fourth-order valence-electron chi connectivity index (χ4n) is 3.53. The Bertz CT molecular complexity index is 922. The topological polar surface area (TPSA) is 62.9 Å². The zero-order chi connectivity index (χ0) is 19.3. The Hall–Kier alpha value is -1.65. The van der Waals surface area contributed by atoms with E-state index in [0.717, 1.165) is 60.7 Å². The second kappa shape index (κ2) is 10.4. The van der Waals surface area contributed by atoms with Crippen molar-refractivity contribution in [3.8, 4) is 10.8 Å². The zero-order valence-electron chi connectivity index (χ0n) is 16.8. The van der Waals surface area contributed by atoms with E-state index in [-0.39, 0.29) is 24.0 Å². The molecule has 0 amide bonds. The third-order valence-corrected chi connectivity index (χ3v) is 5.92. The molecule has 0 saturated carbocycles. The molecule has 4 rings (SSSR count). The summed E-state index contributed by atoms with van der Waals surface area (Å²) in [5, 5.41) is 4.30. The number of fused-ring (bicyclic) bond motifs is 1. The number of benzene rings is 1. The van der Waals surface area contributed by atoms with Crippen LogP contribution in [0.4, 0.5) is 0 Å². The first-order chi connectivity index (χ1) is 13.8. The number of hydrogen-bond acceptors (Lipinski definition) is 5. The lowest BCUT2D eigenvalue weighted by Crippen LogP contribution is -2.40. The van der Waals surface area contributed by atoms with Gasteiger partial charge in [-0.25, -0.2) is 9.98 Å². The van der Waals surface area contributed by atoms with E-state index in [9.17, 15) is 0 Å². The highest BCUT2D eigenvalue weighted by Crippen LogP contribution is 2.31. The maximum atomic E-state index is 6.02. The maximum Gasteiger partial charge on any atom is 0.194 e. The van der Waals surface area contributed by atoms with Gasteiger partial charge in [0.15, 0.2) is 16.7 Å². The molecule has 0 spiro atoms. The predicted octanol–water partition coefficient (Wildman–Crippen LogP) is 4.61. The van der Waals surface area contributed by atoms with Gasteiger partial charge in [-0.3, -0.25) is 0 Å². The highest BCUT2D eigenvalue weighted by Gasteiger charge is 2.24. The Labute approximate surface area is 192 Å². The third-order valence-electron chi connectivity index (χ3n) is 4.87.